The van der Waals surface area contributed by atoms with Gasteiger partial charge in [0.15, 0.2) is 0 Å². The van der Waals surface area contributed by atoms with Crippen molar-refractivity contribution in [3.63, 3.8) is 0 Å². The molecule has 11 heavy (non-hydrogen) atoms. The Kier molecular flexibility index (Phi) is 2.57. The number of halogens is 1. The summed E-state index contributed by atoms with van der Waals surface area (Å²) in [4.78, 5) is 22.1. The standard InChI is InChI=1S/C7H10FNO2/c8-7(11)9-4-1-2-6(10)3-5-9/h1-5H2. The van der Waals surface area contributed by atoms with E-state index < -0.39 is 6.16 Å². The van der Waals surface area contributed by atoms with E-state index >= 15 is 0 Å². The van der Waals surface area contributed by atoms with E-state index in [9.17, 15) is 14.0 Å². The number of amides is 1. The van der Waals surface area contributed by atoms with Gasteiger partial charge in [-0.15, -0.1) is 4.39 Å². The van der Waals surface area contributed by atoms with Crippen LogP contribution in [0.15, 0.2) is 0 Å². The van der Waals surface area contributed by atoms with Crippen molar-refractivity contribution in [2.24, 2.45) is 0 Å². The number of hydrogen-bond donors (Lipinski definition) is 0. The van der Waals surface area contributed by atoms with Gasteiger partial charge >= 0.3 is 6.16 Å². The molecule has 0 spiro atoms. The van der Waals surface area contributed by atoms with E-state index in [0.29, 0.717) is 25.8 Å². The predicted octanol–water partition coefficient (Wildman–Crippen LogP) is 1.13. The number of carbonyl (C=O) groups excluding carboxylic acids is 2. The van der Waals surface area contributed by atoms with Gasteiger partial charge in [-0.2, -0.15) is 0 Å². The van der Waals surface area contributed by atoms with Crippen LogP contribution < -0.4 is 0 Å². The maximum atomic E-state index is 12.1. The number of carbonyl (C=O) groups is 2. The van der Waals surface area contributed by atoms with Gasteiger partial charge in [0.2, 0.25) is 0 Å². The highest BCUT2D eigenvalue weighted by molar-refractivity contribution is 5.79. The van der Waals surface area contributed by atoms with Crippen molar-refractivity contribution < 1.29 is 14.0 Å². The number of hydrogen-bond acceptors (Lipinski definition) is 2. The second-order valence-corrected chi connectivity index (χ2v) is 2.63. The van der Waals surface area contributed by atoms with E-state index in [2.05, 4.69) is 0 Å². The van der Waals surface area contributed by atoms with Gasteiger partial charge in [-0.1, -0.05) is 0 Å². The largest absolute Gasteiger partial charge is 0.400 e. The molecule has 0 aromatic carbocycles. The lowest BCUT2D eigenvalue weighted by atomic mass is 10.2. The van der Waals surface area contributed by atoms with Crippen molar-refractivity contribution >= 4 is 11.9 Å². The Hall–Kier alpha value is -0.930. The monoisotopic (exact) mass is 159 g/mol. The smallest absolute Gasteiger partial charge is 0.314 e. The quantitative estimate of drug-likeness (QED) is 0.392. The summed E-state index contributed by atoms with van der Waals surface area (Å²) < 4.78 is 12.1. The van der Waals surface area contributed by atoms with Crippen LogP contribution in [0.5, 0.6) is 0 Å². The summed E-state index contributed by atoms with van der Waals surface area (Å²) in [5.41, 5.74) is 0. The number of ketones is 1. The van der Waals surface area contributed by atoms with Gasteiger partial charge < -0.3 is 4.90 Å². The van der Waals surface area contributed by atoms with Crippen LogP contribution in [0.4, 0.5) is 9.18 Å². The Morgan fingerprint density at radius 3 is 2.73 bits per heavy atom. The zero-order chi connectivity index (χ0) is 8.27. The average Bonchev–Trinajstić information content (AvgIpc) is 2.13. The maximum absolute atomic E-state index is 12.1. The second kappa shape index (κ2) is 3.46. The summed E-state index contributed by atoms with van der Waals surface area (Å²) in [5, 5.41) is 0. The molecule has 0 saturated carbocycles. The number of likely N-dealkylation sites (tertiary alicyclic amines) is 1. The Morgan fingerprint density at radius 2 is 2.09 bits per heavy atom. The van der Waals surface area contributed by atoms with E-state index in [0.717, 1.165) is 4.90 Å². The van der Waals surface area contributed by atoms with Gasteiger partial charge in [0.25, 0.3) is 0 Å². The zero-order valence-electron chi connectivity index (χ0n) is 6.18. The van der Waals surface area contributed by atoms with Crippen LogP contribution in [0, 0.1) is 0 Å². The lowest BCUT2D eigenvalue weighted by molar-refractivity contribution is -0.118. The number of rotatable bonds is 0. The highest BCUT2D eigenvalue weighted by Gasteiger charge is 2.17. The Bertz CT molecular complexity index is 181. The van der Waals surface area contributed by atoms with Gasteiger partial charge in [0.1, 0.15) is 5.78 Å². The van der Waals surface area contributed by atoms with Gasteiger partial charge in [-0.3, -0.25) is 4.79 Å². The van der Waals surface area contributed by atoms with E-state index in [4.69, 9.17) is 0 Å². The average molecular weight is 159 g/mol. The van der Waals surface area contributed by atoms with E-state index in [1.54, 1.807) is 0 Å². The minimum atomic E-state index is -1.42. The van der Waals surface area contributed by atoms with Crippen molar-refractivity contribution in [2.75, 3.05) is 13.1 Å². The molecule has 0 aromatic heterocycles. The molecule has 0 unspecified atom stereocenters. The molecule has 1 amide bonds. The Labute approximate surface area is 64.2 Å². The van der Waals surface area contributed by atoms with Crippen molar-refractivity contribution in [3.05, 3.63) is 0 Å². The topological polar surface area (TPSA) is 37.4 Å². The molecular formula is C7H10FNO2. The molecule has 1 aliphatic rings. The molecule has 1 aliphatic heterocycles. The molecule has 0 radical (unpaired) electrons. The molecule has 0 N–H and O–H groups in total. The maximum Gasteiger partial charge on any atom is 0.400 e. The van der Waals surface area contributed by atoms with Crippen molar-refractivity contribution in [2.45, 2.75) is 19.3 Å². The van der Waals surface area contributed by atoms with Crippen LogP contribution in [0.3, 0.4) is 0 Å². The summed E-state index contributed by atoms with van der Waals surface area (Å²) in [6.07, 6.45) is -0.0480. The van der Waals surface area contributed by atoms with E-state index in [1.807, 2.05) is 0 Å². The molecule has 1 saturated heterocycles. The minimum Gasteiger partial charge on any atom is -0.314 e. The molecule has 1 heterocycles. The molecule has 1 rings (SSSR count). The number of Topliss-reactive ketones (excluding diaryl/α,β-unsaturated/α-hetero) is 1. The van der Waals surface area contributed by atoms with E-state index in [-0.39, 0.29) is 12.3 Å². The first-order chi connectivity index (χ1) is 5.20. The van der Waals surface area contributed by atoms with Gasteiger partial charge in [-0.05, 0) is 6.42 Å². The SMILES string of the molecule is O=C1CCCN(C(=O)F)CC1. The van der Waals surface area contributed by atoms with Gasteiger partial charge in [0, 0.05) is 25.9 Å². The fraction of sp³-hybridized carbons (Fsp3) is 0.714. The zero-order valence-corrected chi connectivity index (χ0v) is 6.18. The molecule has 62 valence electrons. The molecule has 0 aliphatic carbocycles. The van der Waals surface area contributed by atoms with Crippen LogP contribution in [-0.2, 0) is 4.79 Å². The van der Waals surface area contributed by atoms with Gasteiger partial charge in [0.05, 0.1) is 0 Å². The third-order valence-corrected chi connectivity index (χ3v) is 1.79. The van der Waals surface area contributed by atoms with Gasteiger partial charge in [-0.25, -0.2) is 4.79 Å². The second-order valence-electron chi connectivity index (χ2n) is 2.63. The summed E-state index contributed by atoms with van der Waals surface area (Å²) in [5.74, 6) is 0.119. The van der Waals surface area contributed by atoms with Crippen LogP contribution in [-0.4, -0.2) is 29.9 Å². The van der Waals surface area contributed by atoms with E-state index in [1.165, 1.54) is 0 Å². The normalized spacial score (nSPS) is 19.7. The van der Waals surface area contributed by atoms with Crippen molar-refractivity contribution in [1.29, 1.82) is 0 Å². The van der Waals surface area contributed by atoms with Crippen LogP contribution >= 0.6 is 0 Å². The van der Waals surface area contributed by atoms with Crippen molar-refractivity contribution in [3.8, 4) is 0 Å². The molecule has 3 nitrogen and oxygen atoms in total. The molecule has 0 atom stereocenters. The van der Waals surface area contributed by atoms with Crippen LogP contribution in [0.1, 0.15) is 19.3 Å². The first-order valence-electron chi connectivity index (χ1n) is 3.66. The highest BCUT2D eigenvalue weighted by Crippen LogP contribution is 2.07. The lowest BCUT2D eigenvalue weighted by Crippen LogP contribution is -2.27. The molecule has 1 fully saturated rings. The third kappa shape index (κ3) is 2.29. The highest BCUT2D eigenvalue weighted by atomic mass is 19.1. The fourth-order valence-electron chi connectivity index (χ4n) is 1.14. The third-order valence-electron chi connectivity index (χ3n) is 1.79. The molecule has 0 bridgehead atoms. The fourth-order valence-corrected chi connectivity index (χ4v) is 1.14. The molecule has 0 aromatic rings. The minimum absolute atomic E-state index is 0.119. The predicted molar refractivity (Wildman–Crippen MR) is 36.9 cm³/mol. The summed E-state index contributed by atoms with van der Waals surface area (Å²) in [6.45, 7) is 0.620. The van der Waals surface area contributed by atoms with Crippen LogP contribution in [0.25, 0.3) is 0 Å². The summed E-state index contributed by atoms with van der Waals surface area (Å²) >= 11 is 0. The Balaban J connectivity index is 2.46. The van der Waals surface area contributed by atoms with Crippen molar-refractivity contribution in [1.82, 2.24) is 4.90 Å². The summed E-state index contributed by atoms with van der Waals surface area (Å²) in [6, 6.07) is 0. The first-order valence-corrected chi connectivity index (χ1v) is 3.66. The first kappa shape index (κ1) is 8.17. The lowest BCUT2D eigenvalue weighted by Gasteiger charge is -2.13. The molecular weight excluding hydrogens is 149 g/mol. The summed E-state index contributed by atoms with van der Waals surface area (Å²) in [7, 11) is 0. The number of nitrogens with zero attached hydrogens (tertiary/aromatic N) is 1. The van der Waals surface area contributed by atoms with Crippen LogP contribution in [0.2, 0.25) is 0 Å². The molecule has 4 heteroatoms. The Morgan fingerprint density at radius 1 is 1.36 bits per heavy atom.